The Hall–Kier alpha value is -0.680. The maximum atomic E-state index is 12.9. The molecule has 3 unspecified atom stereocenters. The predicted octanol–water partition coefficient (Wildman–Crippen LogP) is 3.43. The molecule has 0 radical (unpaired) electrons. The molecule has 0 amide bonds. The van der Waals surface area contributed by atoms with Crippen LogP contribution in [-0.2, 0) is 9.53 Å². The molecule has 0 fully saturated rings. The summed E-state index contributed by atoms with van der Waals surface area (Å²) in [7, 11) is 0. The van der Waals surface area contributed by atoms with Gasteiger partial charge in [-0.05, 0) is 0 Å². The maximum absolute atomic E-state index is 12.9. The van der Waals surface area contributed by atoms with Crippen molar-refractivity contribution in [3.05, 3.63) is 0 Å². The third-order valence-corrected chi connectivity index (χ3v) is 2.40. The first-order chi connectivity index (χ1) is 8.89. The number of hydrogen-bond donors (Lipinski definition) is 0. The lowest BCUT2D eigenvalue weighted by Gasteiger charge is -2.31. The molecule has 0 heterocycles. The third-order valence-electron chi connectivity index (χ3n) is 1.94. The highest BCUT2D eigenvalue weighted by Gasteiger charge is 2.70. The van der Waals surface area contributed by atoms with Crippen molar-refractivity contribution in [1.29, 1.82) is 0 Å². The Bertz CT molecular complexity index is 338. The molecule has 0 aromatic carbocycles. The molecule has 120 valence electrons. The highest BCUT2D eigenvalue weighted by atomic mass is 79.9. The number of ether oxygens (including phenoxy) is 1. The topological polar surface area (TPSA) is 26.3 Å². The summed E-state index contributed by atoms with van der Waals surface area (Å²) in [5.74, 6) is -13.9. The number of carbonyl (C=O) groups excluding carboxylic acids is 1. The van der Waals surface area contributed by atoms with E-state index in [1.165, 1.54) is 0 Å². The molecule has 0 aliphatic carbocycles. The van der Waals surface area contributed by atoms with E-state index in [1.54, 1.807) is 0 Å². The molecule has 0 N–H and O–H groups in total. The van der Waals surface area contributed by atoms with Gasteiger partial charge in [0, 0.05) is 0 Å². The van der Waals surface area contributed by atoms with Gasteiger partial charge in [-0.3, -0.25) is 4.79 Å². The van der Waals surface area contributed by atoms with E-state index in [-0.39, 0.29) is 0 Å². The van der Waals surface area contributed by atoms with Crippen molar-refractivity contribution in [2.45, 2.75) is 37.0 Å². The van der Waals surface area contributed by atoms with Crippen LogP contribution in [0, 0.1) is 0 Å². The van der Waals surface area contributed by atoms with Gasteiger partial charge in [-0.1, -0.05) is 15.9 Å². The van der Waals surface area contributed by atoms with Crippen molar-refractivity contribution < 1.29 is 49.0 Å². The average molecular weight is 385 g/mol. The third kappa shape index (κ3) is 3.92. The lowest BCUT2D eigenvalue weighted by molar-refractivity contribution is -0.311. The minimum atomic E-state index is -6.16. The standard InChI is InChI=1S/C8H6BrF9O2/c9-1-2(19)20-6(14)8(17,18)7(15,16)4(11)3(10)5(12)13/h3-6H,1H2. The Labute approximate surface area is 114 Å². The Balaban J connectivity index is 5.18. The van der Waals surface area contributed by atoms with Gasteiger partial charge in [0.1, 0.15) is 5.33 Å². The van der Waals surface area contributed by atoms with E-state index < -0.39 is 48.3 Å². The first-order valence-electron chi connectivity index (χ1n) is 4.61. The van der Waals surface area contributed by atoms with Crippen LogP contribution in [-0.4, -0.2) is 48.3 Å². The SMILES string of the molecule is O=C(CBr)OC(F)C(F)(F)C(F)(F)C(F)C(F)C(F)F. The second kappa shape index (κ2) is 6.85. The molecule has 0 aromatic rings. The monoisotopic (exact) mass is 384 g/mol. The van der Waals surface area contributed by atoms with Crippen molar-refractivity contribution in [2.75, 3.05) is 5.33 Å². The van der Waals surface area contributed by atoms with Crippen LogP contribution in [0.5, 0.6) is 0 Å². The van der Waals surface area contributed by atoms with Crippen molar-refractivity contribution in [1.82, 2.24) is 0 Å². The van der Waals surface area contributed by atoms with Crippen LogP contribution in [0.4, 0.5) is 39.5 Å². The van der Waals surface area contributed by atoms with Crippen molar-refractivity contribution >= 4 is 21.9 Å². The number of carbonyl (C=O) groups is 1. The van der Waals surface area contributed by atoms with E-state index in [2.05, 4.69) is 20.7 Å². The van der Waals surface area contributed by atoms with Gasteiger partial charge in [-0.25, -0.2) is 17.6 Å². The van der Waals surface area contributed by atoms with E-state index in [0.29, 0.717) is 0 Å². The molecule has 0 aliphatic rings. The summed E-state index contributed by atoms with van der Waals surface area (Å²) in [4.78, 5) is 10.4. The van der Waals surface area contributed by atoms with Crippen molar-refractivity contribution in [3.8, 4) is 0 Å². The summed E-state index contributed by atoms with van der Waals surface area (Å²) in [5, 5.41) is -0.850. The van der Waals surface area contributed by atoms with Crippen molar-refractivity contribution in [2.24, 2.45) is 0 Å². The zero-order valence-electron chi connectivity index (χ0n) is 9.11. The highest BCUT2D eigenvalue weighted by molar-refractivity contribution is 9.09. The molecule has 0 saturated heterocycles. The summed E-state index contributed by atoms with van der Waals surface area (Å²) in [6.07, 6.45) is -17.6. The molecule has 20 heavy (non-hydrogen) atoms. The normalized spacial score (nSPS) is 17.8. The summed E-state index contributed by atoms with van der Waals surface area (Å²) in [6.45, 7) is 0. The molecule has 12 heteroatoms. The number of hydrogen-bond acceptors (Lipinski definition) is 2. The fraction of sp³-hybridized carbons (Fsp3) is 0.875. The molecule has 0 bridgehead atoms. The van der Waals surface area contributed by atoms with Crippen LogP contribution >= 0.6 is 15.9 Å². The van der Waals surface area contributed by atoms with Gasteiger partial charge >= 0.3 is 24.2 Å². The Morgan fingerprint density at radius 2 is 1.45 bits per heavy atom. The number of rotatable bonds is 7. The smallest absolute Gasteiger partial charge is 0.378 e. The maximum Gasteiger partial charge on any atom is 0.378 e. The predicted molar refractivity (Wildman–Crippen MR) is 50.5 cm³/mol. The first-order valence-corrected chi connectivity index (χ1v) is 5.73. The molecule has 0 aromatic heterocycles. The quantitative estimate of drug-likeness (QED) is 0.382. The molecule has 0 aliphatic heterocycles. The fourth-order valence-corrected chi connectivity index (χ4v) is 1.02. The fourth-order valence-electron chi connectivity index (χ4n) is 0.884. The summed E-state index contributed by atoms with van der Waals surface area (Å²) in [6, 6.07) is 0. The van der Waals surface area contributed by atoms with Crippen LogP contribution in [0.3, 0.4) is 0 Å². The average Bonchev–Trinajstić information content (AvgIpc) is 2.35. The lowest BCUT2D eigenvalue weighted by Crippen LogP contribution is -2.57. The molecule has 0 saturated carbocycles. The zero-order valence-corrected chi connectivity index (χ0v) is 10.7. The molecule has 3 atom stereocenters. The van der Waals surface area contributed by atoms with E-state index in [4.69, 9.17) is 0 Å². The Morgan fingerprint density at radius 3 is 1.80 bits per heavy atom. The van der Waals surface area contributed by atoms with Gasteiger partial charge in [0.2, 0.25) is 6.17 Å². The minimum Gasteiger partial charge on any atom is -0.423 e. The van der Waals surface area contributed by atoms with Gasteiger partial charge < -0.3 is 4.74 Å². The minimum absolute atomic E-state index is 0.850. The second-order valence-electron chi connectivity index (χ2n) is 3.37. The Kier molecular flexibility index (Phi) is 6.62. The highest BCUT2D eigenvalue weighted by Crippen LogP contribution is 2.44. The molecule has 0 spiro atoms. The molecule has 2 nitrogen and oxygen atoms in total. The van der Waals surface area contributed by atoms with E-state index in [0.717, 1.165) is 0 Å². The number of esters is 1. The lowest BCUT2D eigenvalue weighted by atomic mass is 10.0. The van der Waals surface area contributed by atoms with E-state index in [9.17, 15) is 44.3 Å². The molecular weight excluding hydrogens is 379 g/mol. The number of alkyl halides is 10. The van der Waals surface area contributed by atoms with E-state index >= 15 is 0 Å². The largest absolute Gasteiger partial charge is 0.423 e. The van der Waals surface area contributed by atoms with Crippen molar-refractivity contribution in [3.63, 3.8) is 0 Å². The molecule has 0 rings (SSSR count). The first kappa shape index (κ1) is 19.3. The van der Waals surface area contributed by atoms with Gasteiger partial charge in [0.25, 0.3) is 6.43 Å². The zero-order chi connectivity index (χ0) is 16.3. The van der Waals surface area contributed by atoms with Crippen LogP contribution in [0.15, 0.2) is 0 Å². The Morgan fingerprint density at radius 1 is 1.00 bits per heavy atom. The van der Waals surface area contributed by atoms with Crippen LogP contribution < -0.4 is 0 Å². The van der Waals surface area contributed by atoms with Gasteiger partial charge in [-0.15, -0.1) is 0 Å². The summed E-state index contributed by atoms with van der Waals surface area (Å²) in [5.41, 5.74) is 0. The second-order valence-corrected chi connectivity index (χ2v) is 3.93. The van der Waals surface area contributed by atoms with E-state index in [1.807, 2.05) is 0 Å². The van der Waals surface area contributed by atoms with Crippen LogP contribution in [0.2, 0.25) is 0 Å². The van der Waals surface area contributed by atoms with Crippen LogP contribution in [0.1, 0.15) is 0 Å². The number of halogens is 10. The molecular formula is C8H6BrF9O2. The summed E-state index contributed by atoms with van der Waals surface area (Å²) >= 11 is 2.32. The van der Waals surface area contributed by atoms with Gasteiger partial charge in [-0.2, -0.15) is 22.0 Å². The van der Waals surface area contributed by atoms with Gasteiger partial charge in [0.15, 0.2) is 6.17 Å². The summed E-state index contributed by atoms with van der Waals surface area (Å²) < 4.78 is 116. The van der Waals surface area contributed by atoms with Gasteiger partial charge in [0.05, 0.1) is 0 Å². The van der Waals surface area contributed by atoms with Crippen LogP contribution in [0.25, 0.3) is 0 Å².